The minimum Gasteiger partial charge on any atom is -0.481 e. The van der Waals surface area contributed by atoms with Gasteiger partial charge in [0.1, 0.15) is 18.2 Å². The fourth-order valence-corrected chi connectivity index (χ4v) is 2.03. The number of alkyl carbamates (subject to hydrolysis) is 1. The van der Waals surface area contributed by atoms with Crippen molar-refractivity contribution in [1.82, 2.24) is 5.32 Å². The SMILES string of the molecule is CC(C)(C)OC(=O)C(C[C@H](NC(=O)OCc1ccccc1)C(=O)O)C(=O)O. The van der Waals surface area contributed by atoms with E-state index in [0.29, 0.717) is 5.56 Å². The van der Waals surface area contributed by atoms with Crippen molar-refractivity contribution in [2.45, 2.75) is 45.4 Å². The zero-order valence-electron chi connectivity index (χ0n) is 15.3. The number of amides is 1. The molecule has 27 heavy (non-hydrogen) atoms. The summed E-state index contributed by atoms with van der Waals surface area (Å²) in [5.41, 5.74) is -0.248. The summed E-state index contributed by atoms with van der Waals surface area (Å²) in [5.74, 6) is -5.88. The number of nitrogens with one attached hydrogen (secondary N) is 1. The van der Waals surface area contributed by atoms with Crippen LogP contribution in [0.25, 0.3) is 0 Å². The number of benzene rings is 1. The number of carboxylic acid groups (broad SMARTS) is 2. The molecule has 1 rings (SSSR count). The Bertz CT molecular complexity index is 680. The summed E-state index contributed by atoms with van der Waals surface area (Å²) in [6.45, 7) is 4.57. The molecule has 1 amide bonds. The number of rotatable bonds is 8. The summed E-state index contributed by atoms with van der Waals surface area (Å²) < 4.78 is 9.91. The van der Waals surface area contributed by atoms with Crippen LogP contribution in [0.2, 0.25) is 0 Å². The van der Waals surface area contributed by atoms with E-state index in [1.165, 1.54) is 0 Å². The molecular formula is C18H23NO8. The highest BCUT2D eigenvalue weighted by molar-refractivity contribution is 5.95. The van der Waals surface area contributed by atoms with Crippen LogP contribution in [-0.4, -0.2) is 45.9 Å². The molecule has 9 heteroatoms. The average molecular weight is 381 g/mol. The molecule has 0 aliphatic heterocycles. The molecule has 3 N–H and O–H groups in total. The third-order valence-corrected chi connectivity index (χ3v) is 3.26. The number of carbonyl (C=O) groups is 4. The van der Waals surface area contributed by atoms with E-state index in [-0.39, 0.29) is 6.61 Å². The molecule has 0 bridgehead atoms. The molecule has 2 atom stereocenters. The predicted molar refractivity (Wildman–Crippen MR) is 92.8 cm³/mol. The van der Waals surface area contributed by atoms with Crippen LogP contribution < -0.4 is 5.32 Å². The first kappa shape index (κ1) is 21.9. The van der Waals surface area contributed by atoms with Crippen LogP contribution in [0.3, 0.4) is 0 Å². The van der Waals surface area contributed by atoms with Crippen molar-refractivity contribution in [3.05, 3.63) is 35.9 Å². The lowest BCUT2D eigenvalue weighted by molar-refractivity contribution is -0.167. The number of esters is 1. The van der Waals surface area contributed by atoms with E-state index in [4.69, 9.17) is 9.47 Å². The van der Waals surface area contributed by atoms with Gasteiger partial charge >= 0.3 is 24.0 Å². The Labute approximate surface area is 156 Å². The van der Waals surface area contributed by atoms with Gasteiger partial charge in [0.05, 0.1) is 0 Å². The number of carboxylic acids is 2. The van der Waals surface area contributed by atoms with Gasteiger partial charge in [0, 0.05) is 6.42 Å². The fourth-order valence-electron chi connectivity index (χ4n) is 2.03. The molecule has 0 spiro atoms. The van der Waals surface area contributed by atoms with Crippen LogP contribution in [0.4, 0.5) is 4.79 Å². The van der Waals surface area contributed by atoms with Crippen molar-refractivity contribution in [2.75, 3.05) is 0 Å². The van der Waals surface area contributed by atoms with E-state index in [2.05, 4.69) is 5.32 Å². The standard InChI is InChI=1S/C18H23NO8/c1-18(2,3)27-16(24)12(14(20)21)9-13(15(22)23)19-17(25)26-10-11-7-5-4-6-8-11/h4-8,12-13H,9-10H2,1-3H3,(H,19,25)(H,20,21)(H,22,23)/t12?,13-/m0/s1. The number of ether oxygens (including phenoxy) is 2. The molecule has 9 nitrogen and oxygen atoms in total. The predicted octanol–water partition coefficient (Wildman–Crippen LogP) is 1.80. The van der Waals surface area contributed by atoms with Gasteiger partial charge in [0.15, 0.2) is 5.92 Å². The first-order valence-electron chi connectivity index (χ1n) is 8.15. The van der Waals surface area contributed by atoms with Crippen LogP contribution in [0.1, 0.15) is 32.8 Å². The Morgan fingerprint density at radius 1 is 1.04 bits per heavy atom. The molecule has 0 aromatic heterocycles. The summed E-state index contributed by atoms with van der Waals surface area (Å²) in [6.07, 6.45) is -1.72. The smallest absolute Gasteiger partial charge is 0.408 e. The van der Waals surface area contributed by atoms with Gasteiger partial charge in [-0.1, -0.05) is 30.3 Å². The molecule has 148 valence electrons. The lowest BCUT2D eigenvalue weighted by Gasteiger charge is -2.23. The molecule has 0 saturated carbocycles. The van der Waals surface area contributed by atoms with Gasteiger partial charge in [-0.25, -0.2) is 9.59 Å². The summed E-state index contributed by atoms with van der Waals surface area (Å²) in [7, 11) is 0. The van der Waals surface area contributed by atoms with Crippen LogP contribution >= 0.6 is 0 Å². The third-order valence-electron chi connectivity index (χ3n) is 3.26. The van der Waals surface area contributed by atoms with Crippen molar-refractivity contribution in [3.63, 3.8) is 0 Å². The van der Waals surface area contributed by atoms with Crippen molar-refractivity contribution in [3.8, 4) is 0 Å². The van der Waals surface area contributed by atoms with Crippen molar-refractivity contribution in [1.29, 1.82) is 0 Å². The molecule has 0 heterocycles. The quantitative estimate of drug-likeness (QED) is 0.457. The molecular weight excluding hydrogens is 358 g/mol. The van der Waals surface area contributed by atoms with Gasteiger partial charge in [-0.3, -0.25) is 9.59 Å². The van der Waals surface area contributed by atoms with E-state index in [1.54, 1.807) is 51.1 Å². The maximum absolute atomic E-state index is 12.0. The summed E-state index contributed by atoms with van der Waals surface area (Å²) in [6, 6.07) is 7.06. The normalized spacial score (nSPS) is 13.1. The molecule has 0 aliphatic rings. The zero-order valence-corrected chi connectivity index (χ0v) is 15.3. The Hall–Kier alpha value is -3.10. The minimum atomic E-state index is -1.75. The largest absolute Gasteiger partial charge is 0.481 e. The van der Waals surface area contributed by atoms with Gasteiger partial charge in [0.25, 0.3) is 0 Å². The summed E-state index contributed by atoms with van der Waals surface area (Å²) in [4.78, 5) is 46.5. The topological polar surface area (TPSA) is 139 Å². The number of aliphatic carboxylic acids is 2. The van der Waals surface area contributed by atoms with E-state index in [9.17, 15) is 29.4 Å². The number of carbonyl (C=O) groups excluding carboxylic acids is 2. The summed E-state index contributed by atoms with van der Waals surface area (Å²) >= 11 is 0. The molecule has 0 saturated heterocycles. The molecule has 1 unspecified atom stereocenters. The van der Waals surface area contributed by atoms with Gasteiger partial charge < -0.3 is 25.0 Å². The summed E-state index contributed by atoms with van der Waals surface area (Å²) in [5, 5.41) is 20.5. The zero-order chi connectivity index (χ0) is 20.6. The molecule has 0 radical (unpaired) electrons. The van der Waals surface area contributed by atoms with Crippen LogP contribution in [0.15, 0.2) is 30.3 Å². The van der Waals surface area contributed by atoms with Crippen molar-refractivity contribution in [2.24, 2.45) is 5.92 Å². The fraction of sp³-hybridized carbons (Fsp3) is 0.444. The second kappa shape index (κ2) is 9.56. The maximum atomic E-state index is 12.0. The highest BCUT2D eigenvalue weighted by Gasteiger charge is 2.36. The van der Waals surface area contributed by atoms with Gasteiger partial charge in [-0.2, -0.15) is 0 Å². The van der Waals surface area contributed by atoms with Gasteiger partial charge in [-0.15, -0.1) is 0 Å². The monoisotopic (exact) mass is 381 g/mol. The van der Waals surface area contributed by atoms with E-state index >= 15 is 0 Å². The Kier molecular flexibility index (Phi) is 7.77. The highest BCUT2D eigenvalue weighted by Crippen LogP contribution is 2.16. The van der Waals surface area contributed by atoms with Crippen LogP contribution in [0, 0.1) is 5.92 Å². The molecule has 0 fully saturated rings. The highest BCUT2D eigenvalue weighted by atomic mass is 16.6. The first-order valence-corrected chi connectivity index (χ1v) is 8.15. The van der Waals surface area contributed by atoms with E-state index in [1.807, 2.05) is 0 Å². The first-order chi connectivity index (χ1) is 12.5. The van der Waals surface area contributed by atoms with Gasteiger partial charge in [-0.05, 0) is 26.3 Å². The Morgan fingerprint density at radius 3 is 2.11 bits per heavy atom. The van der Waals surface area contributed by atoms with E-state index in [0.717, 1.165) is 0 Å². The van der Waals surface area contributed by atoms with Crippen LogP contribution in [-0.2, 0) is 30.5 Å². The van der Waals surface area contributed by atoms with Crippen molar-refractivity contribution < 1.29 is 38.9 Å². The minimum absolute atomic E-state index is 0.0898. The second-order valence-corrected chi connectivity index (χ2v) is 6.76. The molecule has 0 aliphatic carbocycles. The lowest BCUT2D eigenvalue weighted by Crippen LogP contribution is -2.45. The number of hydrogen-bond acceptors (Lipinski definition) is 6. The van der Waals surface area contributed by atoms with Gasteiger partial charge in [0.2, 0.25) is 0 Å². The second-order valence-electron chi connectivity index (χ2n) is 6.76. The van der Waals surface area contributed by atoms with Crippen molar-refractivity contribution >= 4 is 24.0 Å². The third kappa shape index (κ3) is 8.21. The Balaban J connectivity index is 2.72. The maximum Gasteiger partial charge on any atom is 0.408 e. The number of hydrogen-bond donors (Lipinski definition) is 3. The van der Waals surface area contributed by atoms with E-state index < -0.39 is 48.0 Å². The molecule has 1 aromatic carbocycles. The van der Waals surface area contributed by atoms with Crippen LogP contribution in [0.5, 0.6) is 0 Å². The molecule has 1 aromatic rings. The lowest BCUT2D eigenvalue weighted by atomic mass is 9.99. The average Bonchev–Trinajstić information content (AvgIpc) is 2.55. The Morgan fingerprint density at radius 2 is 1.63 bits per heavy atom.